The highest BCUT2D eigenvalue weighted by Gasteiger charge is 2.19. The summed E-state index contributed by atoms with van der Waals surface area (Å²) >= 11 is 0. The molecule has 2 nitrogen and oxygen atoms in total. The van der Waals surface area contributed by atoms with E-state index in [0.717, 1.165) is 22.8 Å². The summed E-state index contributed by atoms with van der Waals surface area (Å²) in [5, 5.41) is 10.4. The van der Waals surface area contributed by atoms with Crippen molar-refractivity contribution in [2.45, 2.75) is 37.7 Å². The molecule has 0 radical (unpaired) electrons. The van der Waals surface area contributed by atoms with E-state index < -0.39 is 6.10 Å². The van der Waals surface area contributed by atoms with Gasteiger partial charge >= 0.3 is 0 Å². The molecule has 3 rings (SSSR count). The second-order valence-corrected chi connectivity index (χ2v) is 5.86. The van der Waals surface area contributed by atoms with Gasteiger partial charge in [-0.05, 0) is 47.6 Å². The highest BCUT2D eigenvalue weighted by molar-refractivity contribution is 5.31. The van der Waals surface area contributed by atoms with Gasteiger partial charge in [0.1, 0.15) is 5.75 Å². The Labute approximate surface area is 126 Å². The average Bonchev–Trinajstić information content (AvgIpc) is 2.47. The highest BCUT2D eigenvalue weighted by Crippen LogP contribution is 2.36. The number of aliphatic hydroxyl groups excluding tert-OH is 1. The van der Waals surface area contributed by atoms with Crippen LogP contribution in [-0.4, -0.2) is 12.2 Å². The molecule has 1 aliphatic carbocycles. The molecule has 1 aliphatic rings. The first-order valence-electron chi connectivity index (χ1n) is 7.67. The van der Waals surface area contributed by atoms with Gasteiger partial charge in [-0.15, -0.1) is 0 Å². The zero-order valence-corrected chi connectivity index (χ0v) is 12.5. The summed E-state index contributed by atoms with van der Waals surface area (Å²) in [7, 11) is 1.66. The topological polar surface area (TPSA) is 29.5 Å². The first-order valence-corrected chi connectivity index (χ1v) is 7.67. The lowest BCUT2D eigenvalue weighted by Crippen LogP contribution is -2.09. The van der Waals surface area contributed by atoms with Crippen LogP contribution < -0.4 is 4.74 Å². The van der Waals surface area contributed by atoms with Crippen molar-refractivity contribution in [2.24, 2.45) is 0 Å². The summed E-state index contributed by atoms with van der Waals surface area (Å²) in [4.78, 5) is 0. The van der Waals surface area contributed by atoms with Gasteiger partial charge < -0.3 is 9.84 Å². The Morgan fingerprint density at radius 3 is 2.24 bits per heavy atom. The molecule has 1 unspecified atom stereocenters. The lowest BCUT2D eigenvalue weighted by atomic mass is 9.80. The molecule has 0 saturated heterocycles. The van der Waals surface area contributed by atoms with Crippen molar-refractivity contribution >= 4 is 0 Å². The zero-order valence-electron chi connectivity index (χ0n) is 12.5. The summed E-state index contributed by atoms with van der Waals surface area (Å²) in [5.74, 6) is 1.59. The molecule has 0 amide bonds. The van der Waals surface area contributed by atoms with Crippen LogP contribution in [0.3, 0.4) is 0 Å². The van der Waals surface area contributed by atoms with E-state index in [1.165, 1.54) is 24.8 Å². The van der Waals surface area contributed by atoms with E-state index in [9.17, 15) is 5.11 Å². The number of methoxy groups -OCH3 is 1. The summed E-state index contributed by atoms with van der Waals surface area (Å²) < 4.78 is 5.15. The van der Waals surface area contributed by atoms with Crippen molar-refractivity contribution in [3.05, 3.63) is 65.2 Å². The normalized spacial score (nSPS) is 16.3. The van der Waals surface area contributed by atoms with Gasteiger partial charge in [0.05, 0.1) is 13.2 Å². The maximum Gasteiger partial charge on any atom is 0.118 e. The standard InChI is InChI=1S/C19H22O2/c1-21-18-11-5-14(6-12-18)13-19(20)17-9-7-16(8-10-17)15-3-2-4-15/h5-12,15,19-20H,2-4,13H2,1H3. The minimum atomic E-state index is -0.450. The van der Waals surface area contributed by atoms with E-state index in [1.54, 1.807) is 7.11 Å². The fourth-order valence-corrected chi connectivity index (χ4v) is 2.83. The maximum atomic E-state index is 10.4. The monoisotopic (exact) mass is 282 g/mol. The number of aliphatic hydroxyl groups is 1. The molecule has 1 saturated carbocycles. The van der Waals surface area contributed by atoms with Crippen molar-refractivity contribution in [1.82, 2.24) is 0 Å². The fraction of sp³-hybridized carbons (Fsp3) is 0.368. The predicted molar refractivity (Wildman–Crippen MR) is 84.7 cm³/mol. The Hall–Kier alpha value is -1.80. The largest absolute Gasteiger partial charge is 0.497 e. The van der Waals surface area contributed by atoms with Crippen molar-refractivity contribution < 1.29 is 9.84 Å². The fourth-order valence-electron chi connectivity index (χ4n) is 2.83. The molecular weight excluding hydrogens is 260 g/mol. The van der Waals surface area contributed by atoms with Crippen molar-refractivity contribution in [2.75, 3.05) is 7.11 Å². The van der Waals surface area contributed by atoms with Crippen molar-refractivity contribution in [3.8, 4) is 5.75 Å². The summed E-state index contributed by atoms with van der Waals surface area (Å²) in [6.07, 6.45) is 4.16. The van der Waals surface area contributed by atoms with Gasteiger partial charge in [-0.3, -0.25) is 0 Å². The number of benzene rings is 2. The second-order valence-electron chi connectivity index (χ2n) is 5.86. The van der Waals surface area contributed by atoms with E-state index in [4.69, 9.17) is 4.74 Å². The Kier molecular flexibility index (Phi) is 4.26. The molecule has 110 valence electrons. The summed E-state index contributed by atoms with van der Waals surface area (Å²) in [5.41, 5.74) is 3.53. The van der Waals surface area contributed by atoms with Crippen LogP contribution in [0.4, 0.5) is 0 Å². The van der Waals surface area contributed by atoms with E-state index in [-0.39, 0.29) is 0 Å². The molecule has 21 heavy (non-hydrogen) atoms. The van der Waals surface area contributed by atoms with Crippen LogP contribution in [0, 0.1) is 0 Å². The summed E-state index contributed by atoms with van der Waals surface area (Å²) in [6.45, 7) is 0. The van der Waals surface area contributed by atoms with E-state index in [2.05, 4.69) is 24.3 Å². The van der Waals surface area contributed by atoms with Gasteiger partial charge in [0.25, 0.3) is 0 Å². The van der Waals surface area contributed by atoms with Crippen molar-refractivity contribution in [3.63, 3.8) is 0 Å². The molecule has 0 spiro atoms. The lowest BCUT2D eigenvalue weighted by Gasteiger charge is -2.26. The van der Waals surface area contributed by atoms with Crippen molar-refractivity contribution in [1.29, 1.82) is 0 Å². The molecule has 0 aliphatic heterocycles. The Morgan fingerprint density at radius 2 is 1.71 bits per heavy atom. The highest BCUT2D eigenvalue weighted by atomic mass is 16.5. The number of hydrogen-bond donors (Lipinski definition) is 1. The van der Waals surface area contributed by atoms with Crippen LogP contribution in [0.15, 0.2) is 48.5 Å². The molecular formula is C19H22O2. The van der Waals surface area contributed by atoms with Crippen LogP contribution in [0.5, 0.6) is 5.75 Å². The number of ether oxygens (including phenoxy) is 1. The van der Waals surface area contributed by atoms with Crippen LogP contribution >= 0.6 is 0 Å². The third kappa shape index (κ3) is 3.27. The summed E-state index contributed by atoms with van der Waals surface area (Å²) in [6, 6.07) is 16.4. The number of hydrogen-bond acceptors (Lipinski definition) is 2. The molecule has 0 bridgehead atoms. The molecule has 1 atom stereocenters. The van der Waals surface area contributed by atoms with Crippen LogP contribution in [0.2, 0.25) is 0 Å². The van der Waals surface area contributed by atoms with Crippen LogP contribution in [-0.2, 0) is 6.42 Å². The van der Waals surface area contributed by atoms with E-state index in [0.29, 0.717) is 6.42 Å². The van der Waals surface area contributed by atoms with E-state index >= 15 is 0 Å². The first-order chi connectivity index (χ1) is 10.3. The minimum Gasteiger partial charge on any atom is -0.497 e. The van der Waals surface area contributed by atoms with Gasteiger partial charge in [0, 0.05) is 6.42 Å². The molecule has 0 aromatic heterocycles. The molecule has 2 aromatic carbocycles. The third-order valence-corrected chi connectivity index (χ3v) is 4.49. The van der Waals surface area contributed by atoms with Gasteiger partial charge in [0.2, 0.25) is 0 Å². The smallest absolute Gasteiger partial charge is 0.118 e. The average molecular weight is 282 g/mol. The number of rotatable bonds is 5. The molecule has 1 fully saturated rings. The Bertz CT molecular complexity index is 568. The minimum absolute atomic E-state index is 0.450. The lowest BCUT2D eigenvalue weighted by molar-refractivity contribution is 0.178. The Morgan fingerprint density at radius 1 is 1.05 bits per heavy atom. The zero-order chi connectivity index (χ0) is 14.7. The first kappa shape index (κ1) is 14.2. The SMILES string of the molecule is COc1ccc(CC(O)c2ccc(C3CCC3)cc2)cc1. The second kappa shape index (κ2) is 6.31. The Balaban J connectivity index is 1.64. The maximum absolute atomic E-state index is 10.4. The van der Waals surface area contributed by atoms with Gasteiger partial charge in [0.15, 0.2) is 0 Å². The van der Waals surface area contributed by atoms with Crippen LogP contribution in [0.25, 0.3) is 0 Å². The molecule has 0 heterocycles. The van der Waals surface area contributed by atoms with Gasteiger partial charge in [-0.25, -0.2) is 0 Å². The molecule has 1 N–H and O–H groups in total. The van der Waals surface area contributed by atoms with Crippen LogP contribution in [0.1, 0.15) is 48.0 Å². The van der Waals surface area contributed by atoms with E-state index in [1.807, 2.05) is 24.3 Å². The predicted octanol–water partition coefficient (Wildman–Crippen LogP) is 4.24. The van der Waals surface area contributed by atoms with Gasteiger partial charge in [-0.2, -0.15) is 0 Å². The van der Waals surface area contributed by atoms with Gasteiger partial charge in [-0.1, -0.05) is 42.8 Å². The quantitative estimate of drug-likeness (QED) is 0.889. The third-order valence-electron chi connectivity index (χ3n) is 4.49. The molecule has 2 heteroatoms. The molecule has 2 aromatic rings.